The van der Waals surface area contributed by atoms with Gasteiger partial charge >= 0.3 is 23.9 Å². The predicted molar refractivity (Wildman–Crippen MR) is 213 cm³/mol. The van der Waals surface area contributed by atoms with E-state index in [9.17, 15) is 24.0 Å². The van der Waals surface area contributed by atoms with Crippen molar-refractivity contribution >= 4 is 57.5 Å². The number of para-hydroxylation sites is 1. The lowest BCUT2D eigenvalue weighted by molar-refractivity contribution is -0.150. The molecule has 0 aliphatic rings. The summed E-state index contributed by atoms with van der Waals surface area (Å²) in [5, 5.41) is 3.72. The number of carbonyl (C=O) groups is 5. The summed E-state index contributed by atoms with van der Waals surface area (Å²) < 4.78 is 43.6. The molecule has 322 valence electrons. The Morgan fingerprint density at radius 1 is 0.672 bits per heavy atom. The summed E-state index contributed by atoms with van der Waals surface area (Å²) >= 11 is 0. The van der Waals surface area contributed by atoms with Gasteiger partial charge in [-0.2, -0.15) is 0 Å². The van der Waals surface area contributed by atoms with E-state index >= 15 is 0 Å². The van der Waals surface area contributed by atoms with Crippen molar-refractivity contribution in [2.75, 3.05) is 78.5 Å². The predicted octanol–water partition coefficient (Wildman–Crippen LogP) is 5.08. The molecule has 0 saturated carbocycles. The Hall–Kier alpha value is -4.71. The molecule has 17 nitrogen and oxygen atoms in total. The average molecular weight is 817 g/mol. The largest absolute Gasteiger partial charge is 0.464 e. The maximum atomic E-state index is 12.9. The van der Waals surface area contributed by atoms with Crippen LogP contribution in [-0.4, -0.2) is 117 Å². The highest BCUT2D eigenvalue weighted by Crippen LogP contribution is 2.32. The van der Waals surface area contributed by atoms with Gasteiger partial charge in [-0.3, -0.25) is 14.4 Å². The number of fused-ring (bicyclic) bond motifs is 3. The van der Waals surface area contributed by atoms with Crippen molar-refractivity contribution in [1.82, 2.24) is 14.5 Å². The summed E-state index contributed by atoms with van der Waals surface area (Å²) in [5.41, 5.74) is 2.04. The first-order valence-corrected chi connectivity index (χ1v) is 19.8. The number of carbonyl (C=O) groups excluding carboxylic acids is 5. The maximum absolute atomic E-state index is 12.9. The van der Waals surface area contributed by atoms with Gasteiger partial charge in [0, 0.05) is 38.5 Å². The fraction of sp³-hybridized carbons (Fsp3) is 0.634. The number of nitrogens with zero attached hydrogens (tertiary/aromatic N) is 3. The van der Waals surface area contributed by atoms with Gasteiger partial charge in [0.1, 0.15) is 51.0 Å². The fourth-order valence-electron chi connectivity index (χ4n) is 5.66. The SMILES string of the molecule is CCOCc1nc2c(NC(=O)COCC(=O)OCCCCCC(=O)OCCOCCOC(=O)CCCCCOC(=O)COC)nc3ccccc3c2n1CC(C)(C)C. The number of benzene rings is 1. The van der Waals surface area contributed by atoms with E-state index < -0.39 is 24.5 Å². The molecule has 1 N–H and O–H groups in total. The van der Waals surface area contributed by atoms with Crippen LogP contribution in [0.1, 0.15) is 84.9 Å². The fourth-order valence-corrected chi connectivity index (χ4v) is 5.66. The molecule has 0 aliphatic heterocycles. The zero-order chi connectivity index (χ0) is 42.2. The third kappa shape index (κ3) is 18.3. The number of ether oxygens (including phenoxy) is 8. The first kappa shape index (κ1) is 47.7. The average Bonchev–Trinajstić information content (AvgIpc) is 3.53. The third-order valence-electron chi connectivity index (χ3n) is 8.26. The van der Waals surface area contributed by atoms with Crippen molar-refractivity contribution in [2.45, 2.75) is 92.2 Å². The van der Waals surface area contributed by atoms with Crippen molar-refractivity contribution in [1.29, 1.82) is 0 Å². The molecule has 17 heteroatoms. The molecule has 2 heterocycles. The van der Waals surface area contributed by atoms with Crippen molar-refractivity contribution in [3.63, 3.8) is 0 Å². The molecule has 0 bridgehead atoms. The second kappa shape index (κ2) is 26.3. The smallest absolute Gasteiger partial charge is 0.332 e. The minimum Gasteiger partial charge on any atom is -0.464 e. The highest BCUT2D eigenvalue weighted by Gasteiger charge is 2.23. The van der Waals surface area contributed by atoms with E-state index in [4.69, 9.17) is 43.1 Å². The zero-order valence-electron chi connectivity index (χ0n) is 34.6. The number of aromatic nitrogens is 3. The monoisotopic (exact) mass is 816 g/mol. The van der Waals surface area contributed by atoms with E-state index in [1.807, 2.05) is 31.2 Å². The Kier molecular flexibility index (Phi) is 21.6. The molecule has 0 radical (unpaired) electrons. The number of anilines is 1. The summed E-state index contributed by atoms with van der Waals surface area (Å²) in [5.74, 6) is -1.18. The number of rotatable bonds is 29. The number of hydrogen-bond acceptors (Lipinski definition) is 15. The van der Waals surface area contributed by atoms with E-state index in [2.05, 4.69) is 35.4 Å². The molecule has 0 spiro atoms. The highest BCUT2D eigenvalue weighted by atomic mass is 16.6. The lowest BCUT2D eigenvalue weighted by Gasteiger charge is -2.21. The molecular weight excluding hydrogens is 756 g/mol. The quantitative estimate of drug-likeness (QED) is 0.0552. The number of amides is 1. The zero-order valence-corrected chi connectivity index (χ0v) is 34.6. The highest BCUT2D eigenvalue weighted by molar-refractivity contribution is 6.09. The summed E-state index contributed by atoms with van der Waals surface area (Å²) in [7, 11) is 1.42. The third-order valence-corrected chi connectivity index (χ3v) is 8.26. The molecule has 0 atom stereocenters. The van der Waals surface area contributed by atoms with Gasteiger partial charge in [-0.1, -0.05) is 39.0 Å². The topological polar surface area (TPSA) is 202 Å². The van der Waals surface area contributed by atoms with Crippen LogP contribution in [0, 0.1) is 5.41 Å². The number of esters is 4. The number of hydrogen-bond donors (Lipinski definition) is 1. The normalized spacial score (nSPS) is 11.5. The van der Waals surface area contributed by atoms with E-state index in [-0.39, 0.29) is 83.1 Å². The minimum atomic E-state index is -0.607. The van der Waals surface area contributed by atoms with Crippen LogP contribution in [0.5, 0.6) is 0 Å². The summed E-state index contributed by atoms with van der Waals surface area (Å²) in [4.78, 5) is 69.6. The Morgan fingerprint density at radius 3 is 1.88 bits per heavy atom. The van der Waals surface area contributed by atoms with E-state index in [1.54, 1.807) is 0 Å². The van der Waals surface area contributed by atoms with Crippen LogP contribution in [0.25, 0.3) is 21.9 Å². The van der Waals surface area contributed by atoms with Crippen LogP contribution in [0.2, 0.25) is 0 Å². The lowest BCUT2D eigenvalue weighted by atomic mass is 9.96. The number of methoxy groups -OCH3 is 1. The van der Waals surface area contributed by atoms with Crippen LogP contribution in [0.15, 0.2) is 24.3 Å². The summed E-state index contributed by atoms with van der Waals surface area (Å²) in [6, 6.07) is 7.69. The van der Waals surface area contributed by atoms with Gasteiger partial charge in [0.05, 0.1) is 37.5 Å². The molecule has 3 aromatic rings. The van der Waals surface area contributed by atoms with Crippen molar-refractivity contribution < 1.29 is 61.9 Å². The number of nitrogens with one attached hydrogen (secondary N) is 1. The van der Waals surface area contributed by atoms with Crippen LogP contribution >= 0.6 is 0 Å². The first-order valence-electron chi connectivity index (χ1n) is 19.8. The van der Waals surface area contributed by atoms with Crippen LogP contribution < -0.4 is 5.32 Å². The summed E-state index contributed by atoms with van der Waals surface area (Å²) in [6.07, 6.45) is 4.22. The van der Waals surface area contributed by atoms with Gasteiger partial charge in [-0.05, 0) is 56.9 Å². The first-order chi connectivity index (χ1) is 27.9. The Balaban J connectivity index is 1.24. The molecule has 0 unspecified atom stereocenters. The van der Waals surface area contributed by atoms with Crippen molar-refractivity contribution in [3.8, 4) is 0 Å². The van der Waals surface area contributed by atoms with Gasteiger partial charge in [0.15, 0.2) is 5.82 Å². The van der Waals surface area contributed by atoms with Crippen LogP contribution in [-0.2, 0) is 75.0 Å². The number of pyridine rings is 1. The molecule has 58 heavy (non-hydrogen) atoms. The molecule has 0 saturated heterocycles. The molecule has 0 aliphatic carbocycles. The standard InChI is InChI=1S/C41H60N4O13/c1-6-52-25-32-43-38-39(45(32)29-41(2,3)4)30-15-11-12-16-31(30)42-40(38)44-33(46)26-54-28-37(50)56-20-14-8-10-18-35(48)58-24-22-53-21-23-57-34(47)17-9-7-13-19-55-36(49)27-51-5/h11-12,15-16H,6-10,13-14,17-29H2,1-5H3,(H,42,44,46). The van der Waals surface area contributed by atoms with Gasteiger partial charge in [-0.25, -0.2) is 19.6 Å². The molecule has 1 amide bonds. The van der Waals surface area contributed by atoms with Crippen molar-refractivity contribution in [2.24, 2.45) is 5.41 Å². The molecule has 2 aromatic heterocycles. The van der Waals surface area contributed by atoms with Gasteiger partial charge in [0.25, 0.3) is 5.91 Å². The molecule has 0 fully saturated rings. The number of unbranched alkanes of at least 4 members (excludes halogenated alkanes) is 4. The maximum Gasteiger partial charge on any atom is 0.332 e. The summed E-state index contributed by atoms with van der Waals surface area (Å²) in [6.45, 7) is 9.99. The molecular formula is C41H60N4O13. The minimum absolute atomic E-state index is 0.0606. The second-order valence-corrected chi connectivity index (χ2v) is 14.6. The van der Waals surface area contributed by atoms with Gasteiger partial charge < -0.3 is 47.8 Å². The number of imidazole rings is 1. The Labute approximate surface area is 339 Å². The van der Waals surface area contributed by atoms with Gasteiger partial charge in [-0.15, -0.1) is 0 Å². The van der Waals surface area contributed by atoms with Gasteiger partial charge in [0.2, 0.25) is 0 Å². The van der Waals surface area contributed by atoms with E-state index in [0.29, 0.717) is 68.7 Å². The Bertz CT molecular complexity index is 1750. The van der Waals surface area contributed by atoms with E-state index in [0.717, 1.165) is 23.1 Å². The van der Waals surface area contributed by atoms with Crippen molar-refractivity contribution in [3.05, 3.63) is 30.1 Å². The lowest BCUT2D eigenvalue weighted by Crippen LogP contribution is -2.22. The Morgan fingerprint density at radius 2 is 1.28 bits per heavy atom. The van der Waals surface area contributed by atoms with E-state index in [1.165, 1.54) is 7.11 Å². The van der Waals surface area contributed by atoms with Crippen LogP contribution in [0.3, 0.4) is 0 Å². The molecule has 3 rings (SSSR count). The second-order valence-electron chi connectivity index (χ2n) is 14.6. The van der Waals surface area contributed by atoms with Crippen LogP contribution in [0.4, 0.5) is 5.82 Å². The molecule has 1 aromatic carbocycles.